The molecule has 10 nitrogen and oxygen atoms in total. The maximum absolute atomic E-state index is 12.6. The zero-order chi connectivity index (χ0) is 22.3. The monoisotopic (exact) mass is 434 g/mol. The Hall–Kier alpha value is -2.27. The van der Waals surface area contributed by atoms with E-state index in [1.54, 1.807) is 12.1 Å². The number of aliphatic hydroxyl groups is 2. The Labute approximate surface area is 180 Å². The summed E-state index contributed by atoms with van der Waals surface area (Å²) in [6, 6.07) is 6.32. The molecule has 0 aromatic heterocycles. The molecule has 0 bridgehead atoms. The summed E-state index contributed by atoms with van der Waals surface area (Å²) in [6.07, 6.45) is -1.67. The SMILES string of the molecule is C[C@@H]1C[C@H](N(C)CCNC(=O)C2[C@H]3CN(c4ccc([N+](=O)[O-])cc4)C[C@@H]23)[C@@H](O)[C@H](O)O1. The number of anilines is 1. The highest BCUT2D eigenvalue weighted by atomic mass is 16.6. The molecule has 1 saturated carbocycles. The zero-order valence-corrected chi connectivity index (χ0v) is 17.8. The van der Waals surface area contributed by atoms with Gasteiger partial charge in [0.05, 0.1) is 11.0 Å². The molecule has 0 spiro atoms. The van der Waals surface area contributed by atoms with Crippen LogP contribution in [0, 0.1) is 27.9 Å². The number of carbonyl (C=O) groups is 1. The number of hydrogen-bond acceptors (Lipinski definition) is 8. The number of non-ortho nitro benzene ring substituents is 1. The van der Waals surface area contributed by atoms with Crippen molar-refractivity contribution in [3.63, 3.8) is 0 Å². The van der Waals surface area contributed by atoms with Gasteiger partial charge in [-0.25, -0.2) is 0 Å². The quantitative estimate of drug-likeness (QED) is 0.410. The van der Waals surface area contributed by atoms with E-state index in [0.717, 1.165) is 18.8 Å². The van der Waals surface area contributed by atoms with E-state index in [2.05, 4.69) is 10.2 Å². The topological polar surface area (TPSA) is 128 Å². The number of amides is 1. The Kier molecular flexibility index (Phi) is 6.16. The molecule has 4 rings (SSSR count). The number of nitrogens with one attached hydrogen (secondary N) is 1. The number of ether oxygens (including phenoxy) is 1. The van der Waals surface area contributed by atoms with Gasteiger partial charge in [-0.05, 0) is 44.4 Å². The van der Waals surface area contributed by atoms with E-state index < -0.39 is 17.3 Å². The summed E-state index contributed by atoms with van der Waals surface area (Å²) in [5.74, 6) is 0.727. The minimum absolute atomic E-state index is 0.0233. The van der Waals surface area contributed by atoms with E-state index in [1.807, 2.05) is 18.9 Å². The van der Waals surface area contributed by atoms with Crippen LogP contribution in [-0.4, -0.2) is 83.7 Å². The molecule has 170 valence electrons. The average Bonchev–Trinajstić information content (AvgIpc) is 3.24. The van der Waals surface area contributed by atoms with Gasteiger partial charge in [0.1, 0.15) is 6.10 Å². The van der Waals surface area contributed by atoms with Gasteiger partial charge in [0.2, 0.25) is 5.91 Å². The molecule has 2 saturated heterocycles. The third-order valence-electron chi connectivity index (χ3n) is 6.88. The zero-order valence-electron chi connectivity index (χ0n) is 17.8. The Morgan fingerprint density at radius 2 is 1.94 bits per heavy atom. The fourth-order valence-corrected chi connectivity index (χ4v) is 5.03. The van der Waals surface area contributed by atoms with Crippen molar-refractivity contribution in [1.82, 2.24) is 10.2 Å². The minimum atomic E-state index is -1.18. The number of hydrogen-bond donors (Lipinski definition) is 3. The van der Waals surface area contributed by atoms with E-state index in [-0.39, 0.29) is 29.7 Å². The molecule has 1 amide bonds. The maximum Gasteiger partial charge on any atom is 0.269 e. The molecule has 2 heterocycles. The molecule has 1 unspecified atom stereocenters. The fourth-order valence-electron chi connectivity index (χ4n) is 5.03. The van der Waals surface area contributed by atoms with E-state index in [4.69, 9.17) is 4.74 Å². The Morgan fingerprint density at radius 1 is 1.29 bits per heavy atom. The van der Waals surface area contributed by atoms with E-state index >= 15 is 0 Å². The third kappa shape index (κ3) is 4.52. The minimum Gasteiger partial charge on any atom is -0.386 e. The number of nitro groups is 1. The van der Waals surface area contributed by atoms with Crippen LogP contribution in [0.1, 0.15) is 13.3 Å². The van der Waals surface area contributed by atoms with Crippen molar-refractivity contribution in [1.29, 1.82) is 0 Å². The molecule has 1 aromatic rings. The highest BCUT2D eigenvalue weighted by Gasteiger charge is 2.59. The Bertz CT molecular complexity index is 809. The Balaban J connectivity index is 1.20. The smallest absolute Gasteiger partial charge is 0.269 e. The first-order chi connectivity index (χ1) is 14.8. The van der Waals surface area contributed by atoms with Crippen LogP contribution in [0.4, 0.5) is 11.4 Å². The summed E-state index contributed by atoms with van der Waals surface area (Å²) in [5, 5.41) is 33.7. The second-order valence-corrected chi connectivity index (χ2v) is 8.93. The van der Waals surface area contributed by atoms with Crippen molar-refractivity contribution in [2.24, 2.45) is 17.8 Å². The lowest BCUT2D eigenvalue weighted by Gasteiger charge is -2.40. The predicted octanol–water partition coefficient (Wildman–Crippen LogP) is 0.182. The summed E-state index contributed by atoms with van der Waals surface area (Å²) >= 11 is 0. The molecule has 31 heavy (non-hydrogen) atoms. The van der Waals surface area contributed by atoms with Crippen LogP contribution in [-0.2, 0) is 9.53 Å². The van der Waals surface area contributed by atoms with Crippen LogP contribution < -0.4 is 10.2 Å². The van der Waals surface area contributed by atoms with Crippen LogP contribution in [0.2, 0.25) is 0 Å². The van der Waals surface area contributed by atoms with Gasteiger partial charge in [-0.15, -0.1) is 0 Å². The van der Waals surface area contributed by atoms with Gasteiger partial charge in [-0.1, -0.05) is 0 Å². The van der Waals surface area contributed by atoms with E-state index in [0.29, 0.717) is 31.3 Å². The number of piperidine rings is 1. The number of benzene rings is 1. The van der Waals surface area contributed by atoms with Crippen molar-refractivity contribution in [3.05, 3.63) is 34.4 Å². The first kappa shape index (κ1) is 21.9. The summed E-state index contributed by atoms with van der Waals surface area (Å²) in [7, 11) is 1.87. The van der Waals surface area contributed by atoms with Crippen molar-refractivity contribution in [2.75, 3.05) is 38.1 Å². The number of aliphatic hydroxyl groups excluding tert-OH is 2. The van der Waals surface area contributed by atoms with Crippen LogP contribution in [0.5, 0.6) is 0 Å². The third-order valence-corrected chi connectivity index (χ3v) is 6.88. The van der Waals surface area contributed by atoms with Crippen LogP contribution in [0.3, 0.4) is 0 Å². The van der Waals surface area contributed by atoms with Crippen molar-refractivity contribution in [3.8, 4) is 0 Å². The average molecular weight is 434 g/mol. The molecular formula is C21H30N4O6. The normalized spacial score (nSPS) is 34.5. The number of rotatable bonds is 7. The van der Waals surface area contributed by atoms with Gasteiger partial charge in [0.15, 0.2) is 6.29 Å². The molecule has 1 aliphatic carbocycles. The number of likely N-dealkylation sites (N-methyl/N-ethyl adjacent to an activating group) is 1. The number of fused-ring (bicyclic) bond motifs is 1. The fraction of sp³-hybridized carbons (Fsp3) is 0.667. The lowest BCUT2D eigenvalue weighted by molar-refractivity contribution is -0.384. The molecular weight excluding hydrogens is 404 g/mol. The van der Waals surface area contributed by atoms with E-state index in [9.17, 15) is 25.1 Å². The second kappa shape index (κ2) is 8.70. The largest absolute Gasteiger partial charge is 0.386 e. The highest BCUT2D eigenvalue weighted by molar-refractivity contribution is 5.83. The van der Waals surface area contributed by atoms with Crippen molar-refractivity contribution >= 4 is 17.3 Å². The summed E-state index contributed by atoms with van der Waals surface area (Å²) in [5.41, 5.74) is 1.03. The molecule has 3 N–H and O–H groups in total. The number of nitrogens with zero attached hydrogens (tertiary/aromatic N) is 3. The summed E-state index contributed by atoms with van der Waals surface area (Å²) in [6.45, 7) is 4.48. The first-order valence-electron chi connectivity index (χ1n) is 10.7. The van der Waals surface area contributed by atoms with Crippen molar-refractivity contribution in [2.45, 2.75) is 37.9 Å². The first-order valence-corrected chi connectivity index (χ1v) is 10.7. The summed E-state index contributed by atoms with van der Waals surface area (Å²) < 4.78 is 5.24. The molecule has 7 atom stereocenters. The molecule has 2 aliphatic heterocycles. The van der Waals surface area contributed by atoms with Gasteiger partial charge in [0.25, 0.3) is 5.69 Å². The van der Waals surface area contributed by atoms with Crippen molar-refractivity contribution < 1.29 is 24.7 Å². The lowest BCUT2D eigenvalue weighted by atomic mass is 9.99. The predicted molar refractivity (Wildman–Crippen MR) is 112 cm³/mol. The van der Waals surface area contributed by atoms with Gasteiger partial charge in [-0.2, -0.15) is 0 Å². The molecule has 0 radical (unpaired) electrons. The molecule has 3 fully saturated rings. The van der Waals surface area contributed by atoms with Gasteiger partial charge < -0.3 is 25.2 Å². The Morgan fingerprint density at radius 3 is 2.55 bits per heavy atom. The molecule has 10 heteroatoms. The second-order valence-electron chi connectivity index (χ2n) is 8.93. The molecule has 1 aromatic carbocycles. The molecule has 3 aliphatic rings. The highest BCUT2D eigenvalue weighted by Crippen LogP contribution is 2.52. The number of nitro benzene ring substituents is 1. The van der Waals surface area contributed by atoms with Crippen LogP contribution >= 0.6 is 0 Å². The van der Waals surface area contributed by atoms with Crippen LogP contribution in [0.25, 0.3) is 0 Å². The number of carbonyl (C=O) groups excluding carboxylic acids is 1. The van der Waals surface area contributed by atoms with Gasteiger partial charge >= 0.3 is 0 Å². The van der Waals surface area contributed by atoms with Crippen LogP contribution in [0.15, 0.2) is 24.3 Å². The standard InChI is InChI=1S/C21H30N4O6/c1-12-9-17(19(26)21(28)31-12)23(2)8-7-22-20(27)18-15-10-24(11-16(15)18)13-3-5-14(6-4-13)25(29)30/h3-6,12,15-19,21,26,28H,7-11H2,1-2H3,(H,22,27)/t12-,15-,16+,17+,18?,19-,21-/m1/s1. The van der Waals surface area contributed by atoms with Gasteiger partial charge in [-0.3, -0.25) is 19.8 Å². The maximum atomic E-state index is 12.6. The lowest BCUT2D eigenvalue weighted by Crippen LogP contribution is -2.55. The van der Waals surface area contributed by atoms with Gasteiger partial charge in [0, 0.05) is 56.0 Å². The van der Waals surface area contributed by atoms with E-state index in [1.165, 1.54) is 12.1 Å². The summed E-state index contributed by atoms with van der Waals surface area (Å²) in [4.78, 5) is 27.1.